The lowest BCUT2D eigenvalue weighted by Gasteiger charge is -2.29. The number of nitrogens with one attached hydrogen (secondary N) is 2. The van der Waals surface area contributed by atoms with Crippen molar-refractivity contribution in [2.45, 2.75) is 39.3 Å². The number of halogens is 1. The molecule has 8 heteroatoms. The van der Waals surface area contributed by atoms with Gasteiger partial charge < -0.3 is 15.2 Å². The molecule has 0 spiro atoms. The van der Waals surface area contributed by atoms with Gasteiger partial charge in [-0.05, 0) is 35.2 Å². The van der Waals surface area contributed by atoms with Gasteiger partial charge in [-0.15, -0.1) is 0 Å². The largest absolute Gasteiger partial charge is 0.480 e. The smallest absolute Gasteiger partial charge is 0.412 e. The Kier molecular flexibility index (Phi) is 8.00. The molecule has 3 N–H and O–H groups in total. The zero-order valence-electron chi connectivity index (χ0n) is 17.0. The Hall–Kier alpha value is -2.87. The maximum atomic E-state index is 12.9. The van der Waals surface area contributed by atoms with E-state index in [1.54, 1.807) is 69.3 Å². The molecular weight excluding hydrogens is 452 g/mol. The molecule has 2 aromatic carbocycles. The summed E-state index contributed by atoms with van der Waals surface area (Å²) in [4.78, 5) is 36.8. The van der Waals surface area contributed by atoms with Crippen molar-refractivity contribution in [3.8, 4) is 0 Å². The molecule has 0 aliphatic heterocycles. The van der Waals surface area contributed by atoms with Gasteiger partial charge in [0.1, 0.15) is 6.04 Å². The van der Waals surface area contributed by atoms with Gasteiger partial charge in [0.05, 0.1) is 0 Å². The van der Waals surface area contributed by atoms with Gasteiger partial charge in [-0.1, -0.05) is 67.0 Å². The Labute approximate surface area is 183 Å². The maximum absolute atomic E-state index is 12.9. The highest BCUT2D eigenvalue weighted by Gasteiger charge is 2.35. The number of aliphatic carboxylic acids is 1. The van der Waals surface area contributed by atoms with E-state index in [-0.39, 0.29) is 6.42 Å². The summed E-state index contributed by atoms with van der Waals surface area (Å²) in [6, 6.07) is 14.8. The quantitative estimate of drug-likeness (QED) is 0.554. The highest BCUT2D eigenvalue weighted by Crippen LogP contribution is 2.20. The first-order chi connectivity index (χ1) is 14.1. The van der Waals surface area contributed by atoms with E-state index >= 15 is 0 Å². The Morgan fingerprint density at radius 2 is 1.63 bits per heavy atom. The number of ether oxygens (including phenoxy) is 1. The van der Waals surface area contributed by atoms with E-state index in [0.717, 1.165) is 10.0 Å². The fourth-order valence-corrected chi connectivity index (χ4v) is 2.97. The van der Waals surface area contributed by atoms with Crippen LogP contribution in [0.15, 0.2) is 59.1 Å². The van der Waals surface area contributed by atoms with Crippen molar-refractivity contribution in [3.05, 3.63) is 64.6 Å². The number of rotatable bonds is 7. The summed E-state index contributed by atoms with van der Waals surface area (Å²) in [6.45, 7) is 5.12. The summed E-state index contributed by atoms with van der Waals surface area (Å²) in [6.07, 6.45) is -1.90. The number of hydrogen-bond acceptors (Lipinski definition) is 4. The molecular formula is C22H25BrN2O5. The minimum Gasteiger partial charge on any atom is -0.480 e. The molecule has 0 aliphatic rings. The van der Waals surface area contributed by atoms with Gasteiger partial charge in [0.2, 0.25) is 0 Å². The summed E-state index contributed by atoms with van der Waals surface area (Å²) in [5, 5.41) is 14.6. The molecule has 2 amide bonds. The van der Waals surface area contributed by atoms with E-state index in [0.29, 0.717) is 5.69 Å². The van der Waals surface area contributed by atoms with E-state index in [1.165, 1.54) is 0 Å². The van der Waals surface area contributed by atoms with Gasteiger partial charge in [0, 0.05) is 16.6 Å². The number of anilines is 1. The zero-order chi connectivity index (χ0) is 22.3. The molecule has 30 heavy (non-hydrogen) atoms. The lowest BCUT2D eigenvalue weighted by atomic mass is 9.86. The molecule has 2 aromatic rings. The summed E-state index contributed by atoms with van der Waals surface area (Å²) in [7, 11) is 0. The monoisotopic (exact) mass is 476 g/mol. The number of carboxylic acid groups (broad SMARTS) is 1. The number of hydrogen-bond donors (Lipinski definition) is 3. The molecule has 1 unspecified atom stereocenters. The third kappa shape index (κ3) is 7.18. The molecule has 2 atom stereocenters. The van der Waals surface area contributed by atoms with E-state index in [2.05, 4.69) is 26.6 Å². The predicted octanol–water partition coefficient (Wildman–Crippen LogP) is 4.22. The van der Waals surface area contributed by atoms with Crippen LogP contribution in [0.5, 0.6) is 0 Å². The first kappa shape index (κ1) is 23.4. The van der Waals surface area contributed by atoms with Crippen LogP contribution in [0.1, 0.15) is 26.3 Å². The van der Waals surface area contributed by atoms with E-state index in [9.17, 15) is 19.5 Å². The van der Waals surface area contributed by atoms with E-state index < -0.39 is 35.5 Å². The molecule has 0 saturated carbocycles. The molecule has 2 rings (SSSR count). The second kappa shape index (κ2) is 10.2. The number of carbonyl (C=O) groups is 3. The normalized spacial score (nSPS) is 13.1. The molecule has 160 valence electrons. The second-order valence-corrected chi connectivity index (χ2v) is 8.78. The van der Waals surface area contributed by atoms with Crippen molar-refractivity contribution < 1.29 is 24.2 Å². The van der Waals surface area contributed by atoms with Crippen LogP contribution < -0.4 is 10.6 Å². The molecule has 0 saturated heterocycles. The van der Waals surface area contributed by atoms with Crippen molar-refractivity contribution in [1.82, 2.24) is 5.32 Å². The topological polar surface area (TPSA) is 105 Å². The third-order valence-corrected chi connectivity index (χ3v) is 4.82. The molecule has 0 bridgehead atoms. The van der Waals surface area contributed by atoms with Gasteiger partial charge >= 0.3 is 12.1 Å². The molecule has 0 aromatic heterocycles. The van der Waals surface area contributed by atoms with Crippen molar-refractivity contribution in [2.75, 3.05) is 5.32 Å². The third-order valence-electron chi connectivity index (χ3n) is 4.30. The lowest BCUT2D eigenvalue weighted by Crippen LogP contribution is -2.53. The van der Waals surface area contributed by atoms with Crippen LogP contribution in [0.3, 0.4) is 0 Å². The molecule has 0 radical (unpaired) electrons. The van der Waals surface area contributed by atoms with Gasteiger partial charge in [0.25, 0.3) is 5.91 Å². The summed E-state index contributed by atoms with van der Waals surface area (Å²) >= 11 is 3.31. The fraction of sp³-hybridized carbons (Fsp3) is 0.318. The molecule has 0 heterocycles. The number of carbonyl (C=O) groups excluding carboxylic acids is 2. The van der Waals surface area contributed by atoms with Gasteiger partial charge in [-0.2, -0.15) is 0 Å². The average molecular weight is 477 g/mol. The van der Waals surface area contributed by atoms with E-state index in [1.807, 2.05) is 6.07 Å². The molecule has 0 aliphatic carbocycles. The molecule has 0 fully saturated rings. The minimum absolute atomic E-state index is 0.108. The SMILES string of the molecule is CC(C)(C)C(NC(=O)[C@H](Cc1ccccc1)OC(=O)Nc1ccc(Br)cc1)C(=O)O. The Morgan fingerprint density at radius 1 is 1.03 bits per heavy atom. The van der Waals surface area contributed by atoms with Gasteiger partial charge in [-0.25, -0.2) is 9.59 Å². The highest BCUT2D eigenvalue weighted by molar-refractivity contribution is 9.10. The van der Waals surface area contributed by atoms with E-state index in [4.69, 9.17) is 4.74 Å². The number of amides is 2. The van der Waals surface area contributed by atoms with Crippen LogP contribution in [-0.2, 0) is 20.7 Å². The van der Waals surface area contributed by atoms with Crippen molar-refractivity contribution in [1.29, 1.82) is 0 Å². The Bertz CT molecular complexity index is 879. The van der Waals surface area contributed by atoms with Gasteiger partial charge in [-0.3, -0.25) is 10.1 Å². The van der Waals surface area contributed by atoms with Crippen LogP contribution in [-0.4, -0.2) is 35.2 Å². The predicted molar refractivity (Wildman–Crippen MR) is 117 cm³/mol. The van der Waals surface area contributed by atoms with Crippen molar-refractivity contribution >= 4 is 39.6 Å². The highest BCUT2D eigenvalue weighted by atomic mass is 79.9. The van der Waals surface area contributed by atoms with Crippen molar-refractivity contribution in [3.63, 3.8) is 0 Å². The fourth-order valence-electron chi connectivity index (χ4n) is 2.71. The van der Waals surface area contributed by atoms with Crippen LogP contribution >= 0.6 is 15.9 Å². The standard InChI is InChI=1S/C22H25BrN2O5/c1-22(2,3)18(20(27)28)25-19(26)17(13-14-7-5-4-6-8-14)30-21(29)24-16-11-9-15(23)10-12-16/h4-12,17-18H,13H2,1-3H3,(H,24,29)(H,25,26)(H,27,28)/t17-,18?/m0/s1. The Morgan fingerprint density at radius 3 is 2.17 bits per heavy atom. The lowest BCUT2D eigenvalue weighted by molar-refractivity contribution is -0.146. The van der Waals surface area contributed by atoms with Gasteiger partial charge in [0.15, 0.2) is 6.10 Å². The second-order valence-electron chi connectivity index (χ2n) is 7.86. The minimum atomic E-state index is -1.20. The zero-order valence-corrected chi connectivity index (χ0v) is 18.6. The first-order valence-corrected chi connectivity index (χ1v) is 10.2. The van der Waals surface area contributed by atoms with Crippen molar-refractivity contribution in [2.24, 2.45) is 5.41 Å². The molecule has 7 nitrogen and oxygen atoms in total. The van der Waals surface area contributed by atoms with Crippen LogP contribution in [0.25, 0.3) is 0 Å². The number of benzene rings is 2. The summed E-state index contributed by atoms with van der Waals surface area (Å²) in [5.41, 5.74) is 0.551. The average Bonchev–Trinajstić information content (AvgIpc) is 2.67. The summed E-state index contributed by atoms with van der Waals surface area (Å²) in [5.74, 6) is -1.83. The number of carboxylic acids is 1. The van der Waals surface area contributed by atoms with Crippen LogP contribution in [0, 0.1) is 5.41 Å². The Balaban J connectivity index is 2.16. The first-order valence-electron chi connectivity index (χ1n) is 9.36. The maximum Gasteiger partial charge on any atom is 0.412 e. The summed E-state index contributed by atoms with van der Waals surface area (Å²) < 4.78 is 6.23. The van der Waals surface area contributed by atoms with Crippen LogP contribution in [0.2, 0.25) is 0 Å². The van der Waals surface area contributed by atoms with Crippen LogP contribution in [0.4, 0.5) is 10.5 Å².